The zero-order valence-corrected chi connectivity index (χ0v) is 14.7. The Morgan fingerprint density at radius 1 is 1.16 bits per heavy atom. The fourth-order valence-electron chi connectivity index (χ4n) is 2.24. The lowest BCUT2D eigenvalue weighted by atomic mass is 10.2. The monoisotopic (exact) mass is 360 g/mol. The summed E-state index contributed by atoms with van der Waals surface area (Å²) in [5.41, 5.74) is 0.689. The van der Waals surface area contributed by atoms with Gasteiger partial charge in [0.05, 0.1) is 33.8 Å². The molecule has 0 unspecified atom stereocenters. The van der Waals surface area contributed by atoms with E-state index in [4.69, 9.17) is 30.8 Å². The van der Waals surface area contributed by atoms with Gasteiger partial charge in [0.2, 0.25) is 10.6 Å². The Bertz CT molecular complexity index is 944. The summed E-state index contributed by atoms with van der Waals surface area (Å²) in [4.78, 5) is 0. The summed E-state index contributed by atoms with van der Waals surface area (Å²) in [6.07, 6.45) is 3.15. The molecule has 3 aromatic rings. The van der Waals surface area contributed by atoms with Crippen molar-refractivity contribution in [3.8, 4) is 28.8 Å². The first-order valence-electron chi connectivity index (χ1n) is 7.23. The molecule has 0 atom stereocenters. The number of hydrogen-bond acceptors (Lipinski definition) is 7. The van der Waals surface area contributed by atoms with E-state index in [9.17, 15) is 0 Å². The smallest absolute Gasteiger partial charge is 0.219 e. The first kappa shape index (κ1) is 16.8. The molecule has 2 aromatic heterocycles. The normalized spacial score (nSPS) is 11.0. The predicted molar refractivity (Wildman–Crippen MR) is 94.2 cm³/mol. The molecule has 0 saturated heterocycles. The van der Waals surface area contributed by atoms with Gasteiger partial charge in [0, 0.05) is 11.6 Å². The minimum Gasteiger partial charge on any atom is -0.496 e. The zero-order valence-electron chi connectivity index (χ0n) is 13.8. The summed E-state index contributed by atoms with van der Waals surface area (Å²) in [6.45, 7) is 0. The molecule has 0 saturated carbocycles. The second kappa shape index (κ2) is 7.22. The van der Waals surface area contributed by atoms with E-state index < -0.39 is 0 Å². The number of benzene rings is 1. The summed E-state index contributed by atoms with van der Waals surface area (Å²) < 4.78 is 23.1. The SMILES string of the molecule is COc1cc(OC)c(OC)cc1C=Nn1c(-c2ccco2)n[nH]c1=S. The summed E-state index contributed by atoms with van der Waals surface area (Å²) in [6, 6.07) is 7.02. The number of ether oxygens (including phenoxy) is 3. The van der Waals surface area contributed by atoms with Crippen LogP contribution in [0.5, 0.6) is 17.2 Å². The number of nitrogens with zero attached hydrogens (tertiary/aromatic N) is 3. The van der Waals surface area contributed by atoms with Crippen LogP contribution in [-0.2, 0) is 0 Å². The Hall–Kier alpha value is -3.07. The van der Waals surface area contributed by atoms with E-state index in [1.807, 2.05) is 0 Å². The molecule has 0 bridgehead atoms. The van der Waals surface area contributed by atoms with Crippen LogP contribution in [0.2, 0.25) is 0 Å². The first-order valence-corrected chi connectivity index (χ1v) is 7.64. The number of nitrogens with one attached hydrogen (secondary N) is 1. The van der Waals surface area contributed by atoms with Gasteiger partial charge in [0.25, 0.3) is 0 Å². The van der Waals surface area contributed by atoms with Gasteiger partial charge in [-0.1, -0.05) is 0 Å². The van der Waals surface area contributed by atoms with Crippen molar-refractivity contribution >= 4 is 18.4 Å². The number of hydrogen-bond donors (Lipinski definition) is 1. The second-order valence-electron chi connectivity index (χ2n) is 4.84. The quantitative estimate of drug-likeness (QED) is 0.537. The Kier molecular flexibility index (Phi) is 4.85. The molecule has 25 heavy (non-hydrogen) atoms. The minimum absolute atomic E-state index is 0.335. The van der Waals surface area contributed by atoms with E-state index in [0.717, 1.165) is 0 Å². The zero-order chi connectivity index (χ0) is 17.8. The lowest BCUT2D eigenvalue weighted by molar-refractivity contribution is 0.349. The van der Waals surface area contributed by atoms with Gasteiger partial charge in [0.15, 0.2) is 17.3 Å². The highest BCUT2D eigenvalue weighted by Crippen LogP contribution is 2.33. The van der Waals surface area contributed by atoms with Crippen molar-refractivity contribution in [2.75, 3.05) is 21.3 Å². The Morgan fingerprint density at radius 2 is 1.88 bits per heavy atom. The molecule has 8 nitrogen and oxygen atoms in total. The van der Waals surface area contributed by atoms with Crippen LogP contribution in [0.15, 0.2) is 40.0 Å². The molecular weight excluding hydrogens is 344 g/mol. The van der Waals surface area contributed by atoms with E-state index in [1.54, 1.807) is 58.1 Å². The van der Waals surface area contributed by atoms with Crippen molar-refractivity contribution < 1.29 is 18.6 Å². The van der Waals surface area contributed by atoms with Crippen LogP contribution in [0.1, 0.15) is 5.56 Å². The van der Waals surface area contributed by atoms with E-state index in [-0.39, 0.29) is 0 Å². The van der Waals surface area contributed by atoms with Crippen LogP contribution in [0.3, 0.4) is 0 Å². The van der Waals surface area contributed by atoms with Gasteiger partial charge < -0.3 is 18.6 Å². The minimum atomic E-state index is 0.335. The first-order chi connectivity index (χ1) is 12.2. The van der Waals surface area contributed by atoms with Crippen molar-refractivity contribution in [2.45, 2.75) is 0 Å². The molecular formula is C16H16N4O4S. The number of aromatic amines is 1. The molecule has 1 N–H and O–H groups in total. The fraction of sp³-hybridized carbons (Fsp3) is 0.188. The molecule has 0 spiro atoms. The lowest BCUT2D eigenvalue weighted by Crippen LogP contribution is -1.98. The van der Waals surface area contributed by atoms with Crippen LogP contribution >= 0.6 is 12.2 Å². The maximum atomic E-state index is 5.39. The second-order valence-corrected chi connectivity index (χ2v) is 5.22. The highest BCUT2D eigenvalue weighted by atomic mass is 32.1. The molecule has 0 radical (unpaired) electrons. The van der Waals surface area contributed by atoms with Crippen LogP contribution in [0.4, 0.5) is 0 Å². The van der Waals surface area contributed by atoms with Gasteiger partial charge in [-0.15, -0.1) is 5.10 Å². The molecule has 130 valence electrons. The molecule has 0 aliphatic carbocycles. The average molecular weight is 360 g/mol. The van der Waals surface area contributed by atoms with Crippen LogP contribution in [0.25, 0.3) is 11.6 Å². The standard InChI is InChI=1S/C16H16N4O4S/c1-21-12-8-14(23-3)13(22-2)7-10(12)9-17-20-15(18-19-16(20)25)11-5-4-6-24-11/h4-9H,1-3H3,(H,19,25). The molecule has 9 heteroatoms. The van der Waals surface area contributed by atoms with Crippen molar-refractivity contribution in [3.63, 3.8) is 0 Å². The molecule has 0 aliphatic rings. The summed E-state index contributed by atoms with van der Waals surface area (Å²) in [5, 5.41) is 11.2. The topological polar surface area (TPSA) is 86.8 Å². The predicted octanol–water partition coefficient (Wildman–Crippen LogP) is 3.11. The average Bonchev–Trinajstić information content (AvgIpc) is 3.28. The lowest BCUT2D eigenvalue weighted by Gasteiger charge is -2.11. The molecule has 0 fully saturated rings. The molecule has 0 aliphatic heterocycles. The van der Waals surface area contributed by atoms with E-state index in [1.165, 1.54) is 4.68 Å². The third-order valence-corrected chi connectivity index (χ3v) is 3.70. The van der Waals surface area contributed by atoms with Crippen LogP contribution in [0, 0.1) is 4.77 Å². The summed E-state index contributed by atoms with van der Waals surface area (Å²) in [5.74, 6) is 2.71. The van der Waals surface area contributed by atoms with Crippen LogP contribution < -0.4 is 14.2 Å². The molecule has 0 amide bonds. The van der Waals surface area contributed by atoms with Gasteiger partial charge in [-0.25, -0.2) is 5.10 Å². The van der Waals surface area contributed by atoms with E-state index >= 15 is 0 Å². The van der Waals surface area contributed by atoms with Gasteiger partial charge >= 0.3 is 0 Å². The van der Waals surface area contributed by atoms with Gasteiger partial charge in [-0.3, -0.25) is 0 Å². The Morgan fingerprint density at radius 3 is 2.52 bits per heavy atom. The highest BCUT2D eigenvalue weighted by molar-refractivity contribution is 7.71. The van der Waals surface area contributed by atoms with Crippen molar-refractivity contribution in [1.29, 1.82) is 0 Å². The molecule has 1 aromatic carbocycles. The van der Waals surface area contributed by atoms with Crippen molar-refractivity contribution in [3.05, 3.63) is 40.9 Å². The number of H-pyrrole nitrogens is 1. The number of aromatic nitrogens is 3. The van der Waals surface area contributed by atoms with Crippen molar-refractivity contribution in [2.24, 2.45) is 5.10 Å². The van der Waals surface area contributed by atoms with E-state index in [2.05, 4.69) is 15.3 Å². The number of furan rings is 1. The largest absolute Gasteiger partial charge is 0.496 e. The van der Waals surface area contributed by atoms with E-state index in [0.29, 0.717) is 39.2 Å². The molecule has 2 heterocycles. The Labute approximate surface area is 148 Å². The number of methoxy groups -OCH3 is 3. The highest BCUT2D eigenvalue weighted by Gasteiger charge is 2.13. The molecule has 3 rings (SSSR count). The summed E-state index contributed by atoms with van der Waals surface area (Å²) >= 11 is 5.23. The van der Waals surface area contributed by atoms with Crippen molar-refractivity contribution in [1.82, 2.24) is 14.9 Å². The Balaban J connectivity index is 2.03. The third-order valence-electron chi connectivity index (χ3n) is 3.44. The third kappa shape index (κ3) is 3.26. The fourth-order valence-corrected chi connectivity index (χ4v) is 2.42. The van der Waals surface area contributed by atoms with Gasteiger partial charge in [-0.05, 0) is 30.4 Å². The van der Waals surface area contributed by atoms with Gasteiger partial charge in [-0.2, -0.15) is 9.78 Å². The summed E-state index contributed by atoms with van der Waals surface area (Å²) in [7, 11) is 4.69. The van der Waals surface area contributed by atoms with Crippen LogP contribution in [-0.4, -0.2) is 42.4 Å². The maximum Gasteiger partial charge on any atom is 0.219 e. The van der Waals surface area contributed by atoms with Gasteiger partial charge in [0.1, 0.15) is 5.75 Å². The maximum absolute atomic E-state index is 5.39. The number of rotatable bonds is 6.